The van der Waals surface area contributed by atoms with Gasteiger partial charge in [-0.3, -0.25) is 0 Å². The molecular formula is C16H32. The maximum atomic E-state index is 2.41. The Morgan fingerprint density at radius 2 is 1.56 bits per heavy atom. The zero-order chi connectivity index (χ0) is 12.9. The number of hydrogen-bond acceptors (Lipinski definition) is 0. The van der Waals surface area contributed by atoms with E-state index in [9.17, 15) is 0 Å². The van der Waals surface area contributed by atoms with E-state index in [-0.39, 0.29) is 0 Å². The second kappa shape index (κ2) is 6.47. The Bertz CT molecular complexity index is 217. The number of allylic oxidation sites excluding steroid dienone is 2. The van der Waals surface area contributed by atoms with Crippen LogP contribution in [0.4, 0.5) is 0 Å². The molecule has 0 rings (SSSR count). The van der Waals surface area contributed by atoms with Crippen molar-refractivity contribution in [2.24, 2.45) is 23.2 Å². The van der Waals surface area contributed by atoms with E-state index in [2.05, 4.69) is 61.5 Å². The Hall–Kier alpha value is -0.260. The summed E-state index contributed by atoms with van der Waals surface area (Å²) in [4.78, 5) is 0. The lowest BCUT2D eigenvalue weighted by Crippen LogP contribution is -2.18. The van der Waals surface area contributed by atoms with Gasteiger partial charge in [-0.05, 0) is 49.9 Å². The average Bonchev–Trinajstić information content (AvgIpc) is 2.13. The first-order valence-corrected chi connectivity index (χ1v) is 6.80. The van der Waals surface area contributed by atoms with Crippen LogP contribution in [0.5, 0.6) is 0 Å². The van der Waals surface area contributed by atoms with Crippen LogP contribution in [0.1, 0.15) is 68.2 Å². The zero-order valence-electron chi connectivity index (χ0n) is 12.7. The van der Waals surface area contributed by atoms with Gasteiger partial charge in [0.25, 0.3) is 0 Å². The Morgan fingerprint density at radius 3 is 1.94 bits per heavy atom. The molecular weight excluding hydrogens is 192 g/mol. The third-order valence-corrected chi connectivity index (χ3v) is 3.86. The van der Waals surface area contributed by atoms with Gasteiger partial charge in [-0.2, -0.15) is 0 Å². The Kier molecular flexibility index (Phi) is 6.36. The molecule has 0 aliphatic heterocycles. The van der Waals surface area contributed by atoms with Gasteiger partial charge in [-0.1, -0.05) is 53.2 Å². The van der Waals surface area contributed by atoms with E-state index in [4.69, 9.17) is 0 Å². The molecule has 0 nitrogen and oxygen atoms in total. The fourth-order valence-corrected chi connectivity index (χ4v) is 2.43. The van der Waals surface area contributed by atoms with E-state index in [0.29, 0.717) is 5.41 Å². The molecule has 0 aliphatic rings. The Morgan fingerprint density at radius 1 is 1.06 bits per heavy atom. The normalized spacial score (nSPS) is 19.4. The van der Waals surface area contributed by atoms with Crippen molar-refractivity contribution >= 4 is 0 Å². The molecule has 0 heterocycles. The lowest BCUT2D eigenvalue weighted by Gasteiger charge is -2.29. The van der Waals surface area contributed by atoms with E-state index < -0.39 is 0 Å². The maximum Gasteiger partial charge on any atom is -0.0232 e. The molecule has 3 unspecified atom stereocenters. The highest BCUT2D eigenvalue weighted by atomic mass is 14.3. The highest BCUT2D eigenvalue weighted by Crippen LogP contribution is 2.32. The van der Waals surface area contributed by atoms with E-state index in [1.54, 1.807) is 0 Å². The van der Waals surface area contributed by atoms with E-state index >= 15 is 0 Å². The van der Waals surface area contributed by atoms with Crippen molar-refractivity contribution in [2.75, 3.05) is 0 Å². The second-order valence-electron chi connectivity index (χ2n) is 6.89. The van der Waals surface area contributed by atoms with Gasteiger partial charge < -0.3 is 0 Å². The molecule has 0 amide bonds. The third-order valence-electron chi connectivity index (χ3n) is 3.86. The summed E-state index contributed by atoms with van der Waals surface area (Å²) in [6.07, 6.45) is 4.91. The first-order valence-electron chi connectivity index (χ1n) is 6.80. The molecule has 0 aromatic rings. The largest absolute Gasteiger partial charge is 0.0885 e. The minimum absolute atomic E-state index is 0.465. The first kappa shape index (κ1) is 15.7. The van der Waals surface area contributed by atoms with Crippen LogP contribution >= 0.6 is 0 Å². The summed E-state index contributed by atoms with van der Waals surface area (Å²) in [6, 6.07) is 0. The summed E-state index contributed by atoms with van der Waals surface area (Å²) in [5.74, 6) is 2.39. The Balaban J connectivity index is 4.20. The fraction of sp³-hybridized carbons (Fsp3) is 0.875. The van der Waals surface area contributed by atoms with Gasteiger partial charge in [0, 0.05) is 0 Å². The predicted molar refractivity (Wildman–Crippen MR) is 75.6 cm³/mol. The summed E-state index contributed by atoms with van der Waals surface area (Å²) in [7, 11) is 0. The van der Waals surface area contributed by atoms with Crippen LogP contribution in [0.3, 0.4) is 0 Å². The summed E-state index contributed by atoms with van der Waals surface area (Å²) >= 11 is 0. The minimum atomic E-state index is 0.465. The van der Waals surface area contributed by atoms with Gasteiger partial charge in [-0.25, -0.2) is 0 Å². The van der Waals surface area contributed by atoms with Crippen molar-refractivity contribution in [3.63, 3.8) is 0 Å². The van der Waals surface area contributed by atoms with Crippen molar-refractivity contribution in [3.05, 3.63) is 11.6 Å². The molecule has 96 valence electrons. The van der Waals surface area contributed by atoms with Gasteiger partial charge >= 0.3 is 0 Å². The molecule has 0 bridgehead atoms. The third kappa shape index (κ3) is 6.35. The van der Waals surface area contributed by atoms with E-state index in [1.807, 2.05) is 0 Å². The Labute approximate surface area is 104 Å². The molecule has 0 heteroatoms. The molecule has 0 saturated carbocycles. The highest BCUT2D eigenvalue weighted by Gasteiger charge is 2.21. The number of rotatable bonds is 5. The molecule has 0 fully saturated rings. The zero-order valence-corrected chi connectivity index (χ0v) is 12.7. The molecule has 0 N–H and O–H groups in total. The smallest absolute Gasteiger partial charge is 0.0232 e. The first-order chi connectivity index (χ1) is 7.17. The molecule has 3 atom stereocenters. The summed E-state index contributed by atoms with van der Waals surface area (Å²) in [5.41, 5.74) is 2.00. The van der Waals surface area contributed by atoms with Crippen molar-refractivity contribution in [1.29, 1.82) is 0 Å². The minimum Gasteiger partial charge on any atom is -0.0885 e. The monoisotopic (exact) mass is 224 g/mol. The van der Waals surface area contributed by atoms with Crippen LogP contribution < -0.4 is 0 Å². The van der Waals surface area contributed by atoms with Gasteiger partial charge in [0.15, 0.2) is 0 Å². The lowest BCUT2D eigenvalue weighted by molar-refractivity contribution is 0.230. The van der Waals surface area contributed by atoms with Crippen LogP contribution in [0.2, 0.25) is 0 Å². The standard InChI is InChI=1S/C16H32/c1-9-12(2)13(3)10-14(4)15(5)11-16(6,7)8/h9,13-15H,10-11H2,1-8H3. The second-order valence-corrected chi connectivity index (χ2v) is 6.89. The van der Waals surface area contributed by atoms with Crippen molar-refractivity contribution in [1.82, 2.24) is 0 Å². The van der Waals surface area contributed by atoms with Crippen LogP contribution in [-0.2, 0) is 0 Å². The van der Waals surface area contributed by atoms with Crippen molar-refractivity contribution < 1.29 is 0 Å². The molecule has 0 aliphatic carbocycles. The molecule has 0 saturated heterocycles. The van der Waals surface area contributed by atoms with Gasteiger partial charge in [0.2, 0.25) is 0 Å². The number of hydrogen-bond donors (Lipinski definition) is 0. The van der Waals surface area contributed by atoms with Crippen LogP contribution in [0, 0.1) is 23.2 Å². The van der Waals surface area contributed by atoms with E-state index in [1.165, 1.54) is 18.4 Å². The summed E-state index contributed by atoms with van der Waals surface area (Å²) < 4.78 is 0. The highest BCUT2D eigenvalue weighted by molar-refractivity contribution is 5.00. The average molecular weight is 224 g/mol. The van der Waals surface area contributed by atoms with Crippen LogP contribution in [0.15, 0.2) is 11.6 Å². The van der Waals surface area contributed by atoms with Crippen LogP contribution in [0.25, 0.3) is 0 Å². The van der Waals surface area contributed by atoms with Crippen molar-refractivity contribution in [3.8, 4) is 0 Å². The molecule has 0 spiro atoms. The van der Waals surface area contributed by atoms with Gasteiger partial charge in [0.1, 0.15) is 0 Å². The summed E-state index contributed by atoms with van der Waals surface area (Å²) in [6.45, 7) is 18.6. The SMILES string of the molecule is CC=C(C)C(C)CC(C)C(C)CC(C)(C)C. The van der Waals surface area contributed by atoms with E-state index in [0.717, 1.165) is 17.8 Å². The van der Waals surface area contributed by atoms with Crippen LogP contribution in [-0.4, -0.2) is 0 Å². The molecule has 16 heavy (non-hydrogen) atoms. The topological polar surface area (TPSA) is 0 Å². The quantitative estimate of drug-likeness (QED) is 0.526. The summed E-state index contributed by atoms with van der Waals surface area (Å²) in [5, 5.41) is 0. The fourth-order valence-electron chi connectivity index (χ4n) is 2.43. The maximum absolute atomic E-state index is 2.41. The predicted octanol–water partition coefficient (Wildman–Crippen LogP) is 5.69. The van der Waals surface area contributed by atoms with Crippen molar-refractivity contribution in [2.45, 2.75) is 68.2 Å². The molecule has 0 aromatic heterocycles. The van der Waals surface area contributed by atoms with Gasteiger partial charge in [-0.15, -0.1) is 0 Å². The lowest BCUT2D eigenvalue weighted by atomic mass is 9.77. The van der Waals surface area contributed by atoms with Gasteiger partial charge in [0.05, 0.1) is 0 Å². The molecule has 0 radical (unpaired) electrons. The molecule has 0 aromatic carbocycles.